The van der Waals surface area contributed by atoms with E-state index in [1.807, 2.05) is 32.0 Å². The van der Waals surface area contributed by atoms with Gasteiger partial charge in [-0.05, 0) is 56.2 Å². The lowest BCUT2D eigenvalue weighted by Gasteiger charge is -2.17. The number of anilines is 2. The van der Waals surface area contributed by atoms with Crippen LogP contribution >= 0.6 is 35.2 Å². The first-order valence-corrected chi connectivity index (χ1v) is 12.1. The van der Waals surface area contributed by atoms with Crippen molar-refractivity contribution < 1.29 is 14.3 Å². The Morgan fingerprint density at radius 1 is 1.26 bits per heavy atom. The van der Waals surface area contributed by atoms with Crippen LogP contribution in [0.25, 0.3) is 0 Å². The summed E-state index contributed by atoms with van der Waals surface area (Å²) >= 11 is 12.6. The topological polar surface area (TPSA) is 101 Å². The van der Waals surface area contributed by atoms with Gasteiger partial charge in [-0.25, -0.2) is 14.5 Å². The fourth-order valence-electron chi connectivity index (χ4n) is 3.29. The van der Waals surface area contributed by atoms with E-state index >= 15 is 0 Å². The van der Waals surface area contributed by atoms with E-state index in [9.17, 15) is 9.59 Å². The normalized spacial score (nSPS) is 10.6. The first-order chi connectivity index (χ1) is 16.3. The van der Waals surface area contributed by atoms with Gasteiger partial charge in [0.2, 0.25) is 5.95 Å². The van der Waals surface area contributed by atoms with Crippen LogP contribution in [-0.2, 0) is 11.3 Å². The molecule has 12 heteroatoms. The highest BCUT2D eigenvalue weighted by Crippen LogP contribution is 2.34. The lowest BCUT2D eigenvalue weighted by molar-refractivity contribution is 0.0601. The molecular weight excluding hydrogens is 496 g/mol. The number of nitrogens with one attached hydrogen (secondary N) is 2. The molecule has 0 spiro atoms. The van der Waals surface area contributed by atoms with Crippen molar-refractivity contribution in [3.05, 3.63) is 57.2 Å². The molecule has 1 amide bonds. The van der Waals surface area contributed by atoms with Crippen molar-refractivity contribution in [1.29, 1.82) is 0 Å². The Bertz CT molecular complexity index is 1210. The van der Waals surface area contributed by atoms with E-state index < -0.39 is 5.97 Å². The third kappa shape index (κ3) is 5.91. The maximum Gasteiger partial charge on any atom is 0.341 e. The largest absolute Gasteiger partial charge is 0.465 e. The number of nitrogens with zero attached hydrogens (tertiary/aromatic N) is 4. The van der Waals surface area contributed by atoms with Gasteiger partial charge in [-0.2, -0.15) is 0 Å². The van der Waals surface area contributed by atoms with E-state index in [2.05, 4.69) is 20.7 Å². The highest BCUT2D eigenvalue weighted by Gasteiger charge is 2.27. The lowest BCUT2D eigenvalue weighted by Crippen LogP contribution is -2.30. The summed E-state index contributed by atoms with van der Waals surface area (Å²) < 4.78 is 6.58. The molecule has 3 rings (SSSR count). The Morgan fingerprint density at radius 3 is 2.65 bits per heavy atom. The van der Waals surface area contributed by atoms with E-state index in [-0.39, 0.29) is 22.5 Å². The molecule has 0 saturated heterocycles. The number of carbonyl (C=O) groups is 2. The minimum Gasteiger partial charge on any atom is -0.465 e. The second kappa shape index (κ2) is 11.4. The van der Waals surface area contributed by atoms with E-state index in [1.54, 1.807) is 28.9 Å². The fourth-order valence-corrected chi connectivity index (χ4v) is 4.93. The van der Waals surface area contributed by atoms with Gasteiger partial charge in [0, 0.05) is 18.1 Å². The van der Waals surface area contributed by atoms with Crippen molar-refractivity contribution in [3.8, 4) is 0 Å². The number of hydrogen-bond acceptors (Lipinski definition) is 7. The molecule has 2 N–H and O–H groups in total. The van der Waals surface area contributed by atoms with Crippen LogP contribution in [0, 0.1) is 6.92 Å². The van der Waals surface area contributed by atoms with Gasteiger partial charge in [0.05, 0.1) is 24.1 Å². The summed E-state index contributed by atoms with van der Waals surface area (Å²) in [6.45, 7) is 7.15. The number of thiocarbonyl (C=S) groups is 1. The van der Waals surface area contributed by atoms with Crippen molar-refractivity contribution in [2.75, 3.05) is 30.8 Å². The first kappa shape index (κ1) is 25.6. The van der Waals surface area contributed by atoms with Gasteiger partial charge in [0.1, 0.15) is 11.3 Å². The van der Waals surface area contributed by atoms with Gasteiger partial charge in [0.15, 0.2) is 5.11 Å². The molecule has 0 aliphatic carbocycles. The number of esters is 1. The molecule has 2 aromatic heterocycles. The summed E-state index contributed by atoms with van der Waals surface area (Å²) in [5.74, 6) is -0.417. The van der Waals surface area contributed by atoms with Crippen LogP contribution in [0.15, 0.2) is 30.6 Å². The lowest BCUT2D eigenvalue weighted by atomic mass is 10.1. The van der Waals surface area contributed by atoms with E-state index in [1.165, 1.54) is 7.11 Å². The molecule has 180 valence electrons. The second-order valence-electron chi connectivity index (χ2n) is 7.20. The van der Waals surface area contributed by atoms with E-state index in [0.29, 0.717) is 40.1 Å². The summed E-state index contributed by atoms with van der Waals surface area (Å²) in [6, 6.07) is 7.47. The number of ether oxygens (including phenoxy) is 1. The predicted octanol–water partition coefficient (Wildman–Crippen LogP) is 4.43. The number of amides is 1. The van der Waals surface area contributed by atoms with Crippen molar-refractivity contribution in [2.45, 2.75) is 27.3 Å². The quantitative estimate of drug-likeness (QED) is 0.332. The molecule has 0 atom stereocenters. The Kier molecular flexibility index (Phi) is 8.59. The van der Waals surface area contributed by atoms with Gasteiger partial charge in [-0.3, -0.25) is 10.1 Å². The molecule has 9 nitrogen and oxygen atoms in total. The first-order valence-electron chi connectivity index (χ1n) is 10.5. The summed E-state index contributed by atoms with van der Waals surface area (Å²) in [6.07, 6.45) is 1.57. The summed E-state index contributed by atoms with van der Waals surface area (Å²) in [5.41, 5.74) is 1.79. The minimum atomic E-state index is -0.554. The fraction of sp³-hybridized carbons (Fsp3) is 0.318. The van der Waals surface area contributed by atoms with Gasteiger partial charge < -0.3 is 15.0 Å². The smallest absolute Gasteiger partial charge is 0.341 e. The zero-order valence-corrected chi connectivity index (χ0v) is 21.6. The van der Waals surface area contributed by atoms with Crippen LogP contribution in [-0.4, -0.2) is 56.9 Å². The number of hydrogen-bond donors (Lipinski definition) is 2. The average Bonchev–Trinajstić information content (AvgIpc) is 3.37. The van der Waals surface area contributed by atoms with Gasteiger partial charge >= 0.3 is 5.97 Å². The van der Waals surface area contributed by atoms with Gasteiger partial charge in [-0.15, -0.1) is 16.4 Å². The molecule has 1 aromatic carbocycles. The number of thiophene rings is 1. The average molecular weight is 521 g/mol. The molecule has 34 heavy (non-hydrogen) atoms. The third-order valence-corrected chi connectivity index (χ3v) is 6.64. The van der Waals surface area contributed by atoms with Crippen molar-refractivity contribution >= 4 is 63.1 Å². The van der Waals surface area contributed by atoms with Gasteiger partial charge in [-0.1, -0.05) is 23.7 Å². The van der Waals surface area contributed by atoms with Crippen molar-refractivity contribution in [2.24, 2.45) is 0 Å². The molecule has 0 fully saturated rings. The van der Waals surface area contributed by atoms with Crippen molar-refractivity contribution in [1.82, 2.24) is 19.7 Å². The van der Waals surface area contributed by atoms with Crippen LogP contribution in [0.1, 0.15) is 45.0 Å². The number of rotatable bonds is 8. The molecular formula is C22H25ClN6O3S2. The highest BCUT2D eigenvalue weighted by atomic mass is 35.5. The zero-order chi connectivity index (χ0) is 24.8. The minimum absolute atomic E-state index is 0.147. The molecule has 0 bridgehead atoms. The standard InChI is InChI=1S/C22H25ClN6O3S2/c1-5-28(6-2)19(30)17-13(3)16(20(31)32-4)18(34-17)25-22(33)26-21-24-12-29(27-21)11-14-8-7-9-15(23)10-14/h7-10,12H,5-6,11H2,1-4H3,(H2,25,26,27,33). The molecule has 0 unspecified atom stereocenters. The predicted molar refractivity (Wildman–Crippen MR) is 138 cm³/mol. The Hall–Kier alpha value is -3.02. The molecule has 0 radical (unpaired) electrons. The summed E-state index contributed by atoms with van der Waals surface area (Å²) in [5, 5.41) is 11.5. The van der Waals surface area contributed by atoms with Crippen LogP contribution in [0.4, 0.5) is 10.9 Å². The summed E-state index contributed by atoms with van der Waals surface area (Å²) in [4.78, 5) is 31.8. The number of benzene rings is 1. The number of methoxy groups -OCH3 is 1. The van der Waals surface area contributed by atoms with Gasteiger partial charge in [0.25, 0.3) is 5.91 Å². The maximum absolute atomic E-state index is 12.9. The molecule has 3 aromatic rings. The summed E-state index contributed by atoms with van der Waals surface area (Å²) in [7, 11) is 1.29. The third-order valence-electron chi connectivity index (χ3n) is 5.00. The molecule has 0 aliphatic rings. The number of aromatic nitrogens is 3. The molecule has 2 heterocycles. The van der Waals surface area contributed by atoms with Crippen LogP contribution < -0.4 is 10.6 Å². The van der Waals surface area contributed by atoms with Crippen LogP contribution in [0.3, 0.4) is 0 Å². The highest BCUT2D eigenvalue weighted by molar-refractivity contribution is 7.80. The zero-order valence-electron chi connectivity index (χ0n) is 19.2. The number of carbonyl (C=O) groups excluding carboxylic acids is 2. The van der Waals surface area contributed by atoms with Crippen LogP contribution in [0.5, 0.6) is 0 Å². The Balaban J connectivity index is 1.76. The van der Waals surface area contributed by atoms with E-state index in [4.69, 9.17) is 28.6 Å². The molecule has 0 aliphatic heterocycles. The second-order valence-corrected chi connectivity index (χ2v) is 9.07. The SMILES string of the molecule is CCN(CC)C(=O)c1sc(NC(=S)Nc2ncn(Cc3cccc(Cl)c3)n2)c(C(=O)OC)c1C. The van der Waals surface area contributed by atoms with E-state index in [0.717, 1.165) is 16.9 Å². The Morgan fingerprint density at radius 2 is 2.00 bits per heavy atom. The van der Waals surface area contributed by atoms with Crippen molar-refractivity contribution in [3.63, 3.8) is 0 Å². The van der Waals surface area contributed by atoms with Crippen LogP contribution in [0.2, 0.25) is 5.02 Å². The maximum atomic E-state index is 12.9. The monoisotopic (exact) mass is 520 g/mol. The number of halogens is 1. The molecule has 0 saturated carbocycles. The Labute approximate surface area is 212 Å².